The minimum Gasteiger partial charge on any atom is -0.361 e. The molecule has 2 saturated heterocycles. The maximum atomic E-state index is 12.8. The molecular weight excluding hydrogens is 362 g/mol. The van der Waals surface area contributed by atoms with Crippen LogP contribution in [0, 0.1) is 11.8 Å². The first-order chi connectivity index (χ1) is 14.1. The predicted octanol–water partition coefficient (Wildman–Crippen LogP) is 3.99. The van der Waals surface area contributed by atoms with Gasteiger partial charge in [-0.2, -0.15) is 0 Å². The van der Waals surface area contributed by atoms with Gasteiger partial charge in [-0.15, -0.1) is 0 Å². The van der Waals surface area contributed by atoms with Gasteiger partial charge in [0.15, 0.2) is 0 Å². The van der Waals surface area contributed by atoms with Crippen LogP contribution in [-0.2, 0) is 16.0 Å². The standard InChI is InChI=1S/C24H33N3O2/c1-18-6-5-13-27(17-18)24(29)19-11-14-26(15-12-19)23(28)10-4-7-20-16-25-22-9-3-2-8-21(20)22/h2-3,8-9,16,18-19,25H,4-7,10-15,17H2,1H3. The Hall–Kier alpha value is -2.30. The molecule has 2 aliphatic rings. The number of carbonyl (C=O) groups excluding carboxylic acids is 2. The minimum absolute atomic E-state index is 0.107. The first kappa shape index (κ1) is 20.0. The molecule has 156 valence electrons. The first-order valence-corrected chi connectivity index (χ1v) is 11.2. The first-order valence-electron chi connectivity index (χ1n) is 11.2. The van der Waals surface area contributed by atoms with Crippen LogP contribution in [0.3, 0.4) is 0 Å². The van der Waals surface area contributed by atoms with Crippen LogP contribution in [0.2, 0.25) is 0 Å². The molecule has 1 atom stereocenters. The number of likely N-dealkylation sites (tertiary alicyclic amines) is 2. The van der Waals surface area contributed by atoms with E-state index in [9.17, 15) is 9.59 Å². The van der Waals surface area contributed by atoms with Crippen molar-refractivity contribution in [3.63, 3.8) is 0 Å². The normalized spacial score (nSPS) is 20.9. The molecule has 0 spiro atoms. The quantitative estimate of drug-likeness (QED) is 0.832. The number of aryl methyl sites for hydroxylation is 1. The maximum absolute atomic E-state index is 12.8. The Kier molecular flexibility index (Phi) is 6.22. The zero-order valence-electron chi connectivity index (χ0n) is 17.5. The average molecular weight is 396 g/mol. The van der Waals surface area contributed by atoms with E-state index in [1.165, 1.54) is 17.4 Å². The van der Waals surface area contributed by atoms with Crippen LogP contribution in [-0.4, -0.2) is 52.8 Å². The van der Waals surface area contributed by atoms with Crippen molar-refractivity contribution in [2.24, 2.45) is 11.8 Å². The molecular formula is C24H33N3O2. The second kappa shape index (κ2) is 9.02. The summed E-state index contributed by atoms with van der Waals surface area (Å²) in [6.45, 7) is 5.51. The molecule has 1 aromatic carbocycles. The van der Waals surface area contributed by atoms with Crippen LogP contribution >= 0.6 is 0 Å². The summed E-state index contributed by atoms with van der Waals surface area (Å²) in [6.07, 6.45) is 8.42. The van der Waals surface area contributed by atoms with E-state index in [0.717, 1.165) is 63.8 Å². The van der Waals surface area contributed by atoms with Crippen LogP contribution in [0.4, 0.5) is 0 Å². The fourth-order valence-electron chi connectivity index (χ4n) is 4.95. The minimum atomic E-state index is 0.107. The third-order valence-corrected chi connectivity index (χ3v) is 6.68. The highest BCUT2D eigenvalue weighted by Crippen LogP contribution is 2.24. The smallest absolute Gasteiger partial charge is 0.225 e. The SMILES string of the molecule is CC1CCCN(C(=O)C2CCN(C(=O)CCCc3c[nH]c4ccccc34)CC2)C1. The molecule has 2 aliphatic heterocycles. The molecule has 0 aliphatic carbocycles. The lowest BCUT2D eigenvalue weighted by atomic mass is 9.92. The van der Waals surface area contributed by atoms with Gasteiger partial charge in [-0.3, -0.25) is 9.59 Å². The number of aromatic amines is 1. The third-order valence-electron chi connectivity index (χ3n) is 6.68. The predicted molar refractivity (Wildman–Crippen MR) is 116 cm³/mol. The monoisotopic (exact) mass is 395 g/mol. The third kappa shape index (κ3) is 4.65. The molecule has 4 rings (SSSR count). The molecule has 2 aromatic rings. The van der Waals surface area contributed by atoms with Crippen molar-refractivity contribution in [3.8, 4) is 0 Å². The Labute approximate surface area is 173 Å². The Morgan fingerprint density at radius 2 is 1.86 bits per heavy atom. The van der Waals surface area contributed by atoms with Gasteiger partial charge in [0.1, 0.15) is 0 Å². The van der Waals surface area contributed by atoms with Crippen molar-refractivity contribution in [2.75, 3.05) is 26.2 Å². The maximum Gasteiger partial charge on any atom is 0.225 e. The fraction of sp³-hybridized carbons (Fsp3) is 0.583. The van der Waals surface area contributed by atoms with Gasteiger partial charge in [0, 0.05) is 55.6 Å². The van der Waals surface area contributed by atoms with Crippen molar-refractivity contribution in [1.29, 1.82) is 0 Å². The number of fused-ring (bicyclic) bond motifs is 1. The van der Waals surface area contributed by atoms with E-state index in [0.29, 0.717) is 18.2 Å². The summed E-state index contributed by atoms with van der Waals surface area (Å²) in [7, 11) is 0. The number of aromatic nitrogens is 1. The Balaban J connectivity index is 1.21. The number of rotatable bonds is 5. The molecule has 1 unspecified atom stereocenters. The van der Waals surface area contributed by atoms with Crippen molar-refractivity contribution >= 4 is 22.7 Å². The van der Waals surface area contributed by atoms with E-state index in [-0.39, 0.29) is 11.8 Å². The van der Waals surface area contributed by atoms with Crippen LogP contribution in [0.1, 0.15) is 51.0 Å². The number of H-pyrrole nitrogens is 1. The van der Waals surface area contributed by atoms with Crippen molar-refractivity contribution in [1.82, 2.24) is 14.8 Å². The van der Waals surface area contributed by atoms with Gasteiger partial charge in [0.2, 0.25) is 11.8 Å². The molecule has 1 aromatic heterocycles. The number of amides is 2. The zero-order chi connectivity index (χ0) is 20.2. The van der Waals surface area contributed by atoms with E-state index in [1.54, 1.807) is 0 Å². The van der Waals surface area contributed by atoms with E-state index < -0.39 is 0 Å². The molecule has 2 amide bonds. The molecule has 0 bridgehead atoms. The van der Waals surface area contributed by atoms with Gasteiger partial charge in [-0.1, -0.05) is 25.1 Å². The van der Waals surface area contributed by atoms with Crippen LogP contribution in [0.5, 0.6) is 0 Å². The fourth-order valence-corrected chi connectivity index (χ4v) is 4.95. The number of hydrogen-bond acceptors (Lipinski definition) is 2. The Morgan fingerprint density at radius 1 is 1.07 bits per heavy atom. The number of carbonyl (C=O) groups is 2. The second-order valence-corrected chi connectivity index (χ2v) is 8.90. The highest BCUT2D eigenvalue weighted by Gasteiger charge is 2.31. The number of piperidine rings is 2. The van der Waals surface area contributed by atoms with Gasteiger partial charge < -0.3 is 14.8 Å². The lowest BCUT2D eigenvalue weighted by Gasteiger charge is -2.37. The molecule has 0 saturated carbocycles. The molecule has 29 heavy (non-hydrogen) atoms. The largest absolute Gasteiger partial charge is 0.361 e. The lowest BCUT2D eigenvalue weighted by Crippen LogP contribution is -2.46. The molecule has 5 nitrogen and oxygen atoms in total. The average Bonchev–Trinajstić information content (AvgIpc) is 3.16. The van der Waals surface area contributed by atoms with Gasteiger partial charge in [-0.05, 0) is 56.1 Å². The molecule has 0 radical (unpaired) electrons. The highest BCUT2D eigenvalue weighted by molar-refractivity contribution is 5.83. The summed E-state index contributed by atoms with van der Waals surface area (Å²) in [4.78, 5) is 32.8. The number of para-hydroxylation sites is 1. The zero-order valence-corrected chi connectivity index (χ0v) is 17.5. The van der Waals surface area contributed by atoms with Gasteiger partial charge in [0.25, 0.3) is 0 Å². The van der Waals surface area contributed by atoms with Gasteiger partial charge >= 0.3 is 0 Å². The molecule has 1 N–H and O–H groups in total. The number of nitrogens with one attached hydrogen (secondary N) is 1. The Morgan fingerprint density at radius 3 is 2.66 bits per heavy atom. The summed E-state index contributed by atoms with van der Waals surface area (Å²) in [5.41, 5.74) is 2.44. The van der Waals surface area contributed by atoms with Crippen LogP contribution < -0.4 is 0 Å². The molecule has 2 fully saturated rings. The summed E-state index contributed by atoms with van der Waals surface area (Å²) in [6, 6.07) is 8.31. The van der Waals surface area contributed by atoms with E-state index in [4.69, 9.17) is 0 Å². The van der Waals surface area contributed by atoms with Crippen LogP contribution in [0.25, 0.3) is 10.9 Å². The van der Waals surface area contributed by atoms with Crippen molar-refractivity contribution < 1.29 is 9.59 Å². The molecule has 3 heterocycles. The number of hydrogen-bond donors (Lipinski definition) is 1. The lowest BCUT2D eigenvalue weighted by molar-refractivity contribution is -0.142. The second-order valence-electron chi connectivity index (χ2n) is 8.90. The van der Waals surface area contributed by atoms with E-state index >= 15 is 0 Å². The van der Waals surface area contributed by atoms with Crippen LogP contribution in [0.15, 0.2) is 30.5 Å². The summed E-state index contributed by atoms with van der Waals surface area (Å²) < 4.78 is 0. The van der Waals surface area contributed by atoms with Gasteiger partial charge in [-0.25, -0.2) is 0 Å². The van der Waals surface area contributed by atoms with Crippen molar-refractivity contribution in [3.05, 3.63) is 36.0 Å². The summed E-state index contributed by atoms with van der Waals surface area (Å²) >= 11 is 0. The van der Waals surface area contributed by atoms with Crippen molar-refractivity contribution in [2.45, 2.75) is 51.9 Å². The summed E-state index contributed by atoms with van der Waals surface area (Å²) in [5.74, 6) is 1.28. The topological polar surface area (TPSA) is 56.4 Å². The van der Waals surface area contributed by atoms with E-state index in [2.05, 4.69) is 41.2 Å². The number of benzene rings is 1. The summed E-state index contributed by atoms with van der Waals surface area (Å²) in [5, 5.41) is 1.26. The van der Waals surface area contributed by atoms with E-state index in [1.807, 2.05) is 11.0 Å². The number of nitrogens with zero attached hydrogens (tertiary/aromatic N) is 2. The molecule has 5 heteroatoms. The van der Waals surface area contributed by atoms with Gasteiger partial charge in [0.05, 0.1) is 0 Å². The highest BCUT2D eigenvalue weighted by atomic mass is 16.2. The Bertz CT molecular complexity index is 851.